The van der Waals surface area contributed by atoms with Crippen molar-refractivity contribution in [1.29, 1.82) is 0 Å². The summed E-state index contributed by atoms with van der Waals surface area (Å²) in [5.74, 6) is 0.831. The third-order valence-corrected chi connectivity index (χ3v) is 5.89. The van der Waals surface area contributed by atoms with Gasteiger partial charge in [0.05, 0.1) is 26.2 Å². The fourth-order valence-corrected chi connectivity index (χ4v) is 4.21. The van der Waals surface area contributed by atoms with Crippen molar-refractivity contribution in [3.05, 3.63) is 79.8 Å². The van der Waals surface area contributed by atoms with E-state index in [0.29, 0.717) is 37.2 Å². The first-order valence-corrected chi connectivity index (χ1v) is 10.5. The molecule has 0 unspecified atom stereocenters. The summed E-state index contributed by atoms with van der Waals surface area (Å²) in [6, 6.07) is 16.3. The Morgan fingerprint density at radius 1 is 1.04 bits per heavy atom. The van der Waals surface area contributed by atoms with Crippen LogP contribution in [-0.4, -0.2) is 11.1 Å². The zero-order valence-corrected chi connectivity index (χ0v) is 18.0. The SMILES string of the molecule is O=C1NC(=Nc2ccc(Br)cc2)S/C1=C/c1ccc(-c2c(Cl)cccc2Cl)o1. The number of amidine groups is 1. The Morgan fingerprint density at radius 2 is 1.75 bits per heavy atom. The molecule has 1 aliphatic rings. The third-order valence-electron chi connectivity index (χ3n) is 3.82. The number of carbonyl (C=O) groups excluding carboxylic acids is 1. The summed E-state index contributed by atoms with van der Waals surface area (Å²) in [5.41, 5.74) is 1.37. The van der Waals surface area contributed by atoms with Crippen molar-refractivity contribution in [3.8, 4) is 11.3 Å². The van der Waals surface area contributed by atoms with E-state index in [1.54, 1.807) is 36.4 Å². The number of hydrogen-bond donors (Lipinski definition) is 1. The third kappa shape index (κ3) is 4.20. The Kier molecular flexibility index (Phi) is 5.64. The van der Waals surface area contributed by atoms with E-state index in [-0.39, 0.29) is 5.91 Å². The lowest BCUT2D eigenvalue weighted by molar-refractivity contribution is -0.115. The summed E-state index contributed by atoms with van der Waals surface area (Å²) in [6.45, 7) is 0. The summed E-state index contributed by atoms with van der Waals surface area (Å²) in [4.78, 5) is 17.2. The first-order valence-electron chi connectivity index (χ1n) is 8.09. The molecule has 0 saturated carbocycles. The van der Waals surface area contributed by atoms with Gasteiger partial charge >= 0.3 is 0 Å². The summed E-state index contributed by atoms with van der Waals surface area (Å²) in [6.07, 6.45) is 1.67. The van der Waals surface area contributed by atoms with E-state index in [9.17, 15) is 4.79 Å². The molecule has 1 fully saturated rings. The molecule has 8 heteroatoms. The molecule has 0 bridgehead atoms. The van der Waals surface area contributed by atoms with Crippen LogP contribution in [0.25, 0.3) is 17.4 Å². The van der Waals surface area contributed by atoms with Crippen molar-refractivity contribution in [2.45, 2.75) is 0 Å². The largest absolute Gasteiger partial charge is 0.457 e. The van der Waals surface area contributed by atoms with Gasteiger partial charge in [-0.1, -0.05) is 45.2 Å². The minimum atomic E-state index is -0.227. The van der Waals surface area contributed by atoms with E-state index in [2.05, 4.69) is 26.2 Å². The van der Waals surface area contributed by atoms with Crippen molar-refractivity contribution in [2.24, 2.45) is 4.99 Å². The van der Waals surface area contributed by atoms with Gasteiger partial charge in [-0.15, -0.1) is 0 Å². The van der Waals surface area contributed by atoms with Gasteiger partial charge in [0.1, 0.15) is 11.5 Å². The molecular formula is C20H11BrCl2N2O2S. The Bertz CT molecular complexity index is 1100. The number of benzene rings is 2. The average molecular weight is 494 g/mol. The second-order valence-electron chi connectivity index (χ2n) is 5.76. The molecule has 4 rings (SSSR count). The molecule has 2 aromatic carbocycles. The number of rotatable bonds is 3. The maximum Gasteiger partial charge on any atom is 0.264 e. The minimum Gasteiger partial charge on any atom is -0.457 e. The van der Waals surface area contributed by atoms with Crippen LogP contribution in [0.4, 0.5) is 5.69 Å². The second kappa shape index (κ2) is 8.17. The van der Waals surface area contributed by atoms with Crippen molar-refractivity contribution >= 4 is 73.7 Å². The van der Waals surface area contributed by atoms with Crippen molar-refractivity contribution < 1.29 is 9.21 Å². The molecule has 1 aliphatic heterocycles. The first-order chi connectivity index (χ1) is 13.5. The zero-order valence-electron chi connectivity index (χ0n) is 14.1. The van der Waals surface area contributed by atoms with E-state index < -0.39 is 0 Å². The van der Waals surface area contributed by atoms with Crippen LogP contribution in [0.1, 0.15) is 5.76 Å². The maximum atomic E-state index is 12.2. The van der Waals surface area contributed by atoms with E-state index in [1.165, 1.54) is 11.8 Å². The Hall–Kier alpha value is -1.99. The number of aliphatic imine (C=N–C) groups is 1. The average Bonchev–Trinajstić information content (AvgIpc) is 3.24. The van der Waals surface area contributed by atoms with E-state index >= 15 is 0 Å². The zero-order chi connectivity index (χ0) is 19.7. The molecule has 1 N–H and O–H groups in total. The molecule has 4 nitrogen and oxygen atoms in total. The van der Waals surface area contributed by atoms with Gasteiger partial charge in [-0.2, -0.15) is 0 Å². The summed E-state index contributed by atoms with van der Waals surface area (Å²) < 4.78 is 6.79. The summed E-state index contributed by atoms with van der Waals surface area (Å²) in [7, 11) is 0. The molecule has 0 radical (unpaired) electrons. The number of amides is 1. The molecule has 1 amide bonds. The highest BCUT2D eigenvalue weighted by Crippen LogP contribution is 2.36. The maximum absolute atomic E-state index is 12.2. The van der Waals surface area contributed by atoms with Crippen molar-refractivity contribution in [3.63, 3.8) is 0 Å². The highest BCUT2D eigenvalue weighted by molar-refractivity contribution is 9.10. The summed E-state index contributed by atoms with van der Waals surface area (Å²) >= 11 is 17.1. The van der Waals surface area contributed by atoms with E-state index in [1.807, 2.05) is 24.3 Å². The predicted molar refractivity (Wildman–Crippen MR) is 119 cm³/mol. The van der Waals surface area contributed by atoms with Gasteiger partial charge in [-0.3, -0.25) is 4.79 Å². The second-order valence-corrected chi connectivity index (χ2v) is 8.52. The van der Waals surface area contributed by atoms with Crippen molar-refractivity contribution in [2.75, 3.05) is 0 Å². The number of hydrogen-bond acceptors (Lipinski definition) is 4. The van der Waals surface area contributed by atoms with Crippen molar-refractivity contribution in [1.82, 2.24) is 5.32 Å². The van der Waals surface area contributed by atoms with E-state index in [4.69, 9.17) is 27.6 Å². The molecule has 1 saturated heterocycles. The smallest absolute Gasteiger partial charge is 0.264 e. The molecule has 2 heterocycles. The quantitative estimate of drug-likeness (QED) is 0.403. The molecule has 3 aromatic rings. The lowest BCUT2D eigenvalue weighted by atomic mass is 10.2. The van der Waals surface area contributed by atoms with Gasteiger partial charge in [0.25, 0.3) is 5.91 Å². The van der Waals surface area contributed by atoms with E-state index in [0.717, 1.165) is 10.2 Å². The van der Waals surface area contributed by atoms with Crippen LogP contribution in [0.3, 0.4) is 0 Å². The molecule has 0 aliphatic carbocycles. The Morgan fingerprint density at radius 3 is 2.46 bits per heavy atom. The standard InChI is InChI=1S/C20H11BrCl2N2O2S/c21-11-4-6-12(7-5-11)24-20-25-19(26)17(28-20)10-13-8-9-16(27-13)18-14(22)2-1-3-15(18)23/h1-10H,(H,24,25,26)/b17-10+. The van der Waals surface area contributed by atoms with Crippen LogP contribution in [-0.2, 0) is 4.79 Å². The number of nitrogens with one attached hydrogen (secondary N) is 1. The summed E-state index contributed by atoms with van der Waals surface area (Å²) in [5, 5.41) is 4.26. The van der Waals surface area contributed by atoms with Gasteiger partial charge < -0.3 is 9.73 Å². The minimum absolute atomic E-state index is 0.227. The highest BCUT2D eigenvalue weighted by Gasteiger charge is 2.24. The lowest BCUT2D eigenvalue weighted by Crippen LogP contribution is -2.19. The lowest BCUT2D eigenvalue weighted by Gasteiger charge is -2.02. The number of thioether (sulfide) groups is 1. The number of furan rings is 1. The van der Waals surface area contributed by atoms with Gasteiger partial charge in [0, 0.05) is 10.5 Å². The van der Waals surface area contributed by atoms with Gasteiger partial charge in [-0.05, 0) is 60.3 Å². The highest BCUT2D eigenvalue weighted by atomic mass is 79.9. The number of halogens is 3. The fourth-order valence-electron chi connectivity index (χ4n) is 2.54. The normalized spacial score (nSPS) is 16.8. The van der Waals surface area contributed by atoms with Gasteiger partial charge in [0.15, 0.2) is 5.17 Å². The fraction of sp³-hybridized carbons (Fsp3) is 0. The number of nitrogens with zero attached hydrogens (tertiary/aromatic N) is 1. The molecule has 1 aromatic heterocycles. The Balaban J connectivity index is 1.57. The van der Waals surface area contributed by atoms with Crippen LogP contribution in [0, 0.1) is 0 Å². The first kappa shape index (κ1) is 19.3. The van der Waals surface area contributed by atoms with Crippen LogP contribution < -0.4 is 5.32 Å². The topological polar surface area (TPSA) is 54.6 Å². The predicted octanol–water partition coefficient (Wildman–Crippen LogP) is 6.91. The van der Waals surface area contributed by atoms with Crippen LogP contribution in [0.5, 0.6) is 0 Å². The molecule has 0 atom stereocenters. The van der Waals surface area contributed by atoms with Crippen LogP contribution in [0.2, 0.25) is 10.0 Å². The Labute approximate surface area is 183 Å². The molecule has 140 valence electrons. The molecule has 28 heavy (non-hydrogen) atoms. The molecule has 0 spiro atoms. The van der Waals surface area contributed by atoms with Gasteiger partial charge in [-0.25, -0.2) is 4.99 Å². The van der Waals surface area contributed by atoms with Crippen LogP contribution in [0.15, 0.2) is 73.4 Å². The van der Waals surface area contributed by atoms with Gasteiger partial charge in [0.2, 0.25) is 0 Å². The number of carbonyl (C=O) groups is 1. The van der Waals surface area contributed by atoms with Crippen LogP contribution >= 0.6 is 50.9 Å². The molecular weight excluding hydrogens is 483 g/mol. The monoisotopic (exact) mass is 492 g/mol.